The summed E-state index contributed by atoms with van der Waals surface area (Å²) < 4.78 is 6.04. The maximum Gasteiger partial charge on any atom is 0.221 e. The highest BCUT2D eigenvalue weighted by Gasteiger charge is 2.17. The van der Waals surface area contributed by atoms with Crippen LogP contribution in [0.25, 0.3) is 0 Å². The van der Waals surface area contributed by atoms with E-state index in [1.165, 1.54) is 32.1 Å². The van der Waals surface area contributed by atoms with Crippen LogP contribution in [0.3, 0.4) is 0 Å². The predicted octanol–water partition coefficient (Wildman–Crippen LogP) is 3.11. The molecule has 2 fully saturated rings. The van der Waals surface area contributed by atoms with Crippen molar-refractivity contribution in [2.45, 2.75) is 57.2 Å². The predicted molar refractivity (Wildman–Crippen MR) is 99.5 cm³/mol. The lowest BCUT2D eigenvalue weighted by atomic mass is 9.98. The van der Waals surface area contributed by atoms with Gasteiger partial charge in [0.25, 0.3) is 0 Å². The van der Waals surface area contributed by atoms with Gasteiger partial charge in [0.2, 0.25) is 5.91 Å². The number of carbonyl (C=O) groups excluding carboxylic acids is 1. The minimum absolute atomic E-state index is 0.123. The van der Waals surface area contributed by atoms with Crippen molar-refractivity contribution in [1.29, 1.82) is 0 Å². The smallest absolute Gasteiger partial charge is 0.221 e. The standard InChI is InChI=1S/C19H28N2O2S/c22-19(12-16-14-24-11-10-20-16)21-13-15-6-8-18(9-7-15)23-17-4-2-1-3-5-17/h6-9,16-17,20H,1-5,10-14H2,(H,21,22). The summed E-state index contributed by atoms with van der Waals surface area (Å²) in [6.07, 6.45) is 7.19. The third-order valence-corrected chi connectivity index (χ3v) is 5.83. The highest BCUT2D eigenvalue weighted by Crippen LogP contribution is 2.23. The van der Waals surface area contributed by atoms with Crippen molar-refractivity contribution >= 4 is 17.7 Å². The number of rotatable bonds is 6. The summed E-state index contributed by atoms with van der Waals surface area (Å²) in [5.74, 6) is 3.24. The van der Waals surface area contributed by atoms with Gasteiger partial charge < -0.3 is 15.4 Å². The van der Waals surface area contributed by atoms with E-state index in [1.807, 2.05) is 36.0 Å². The lowest BCUT2D eigenvalue weighted by molar-refractivity contribution is -0.121. The highest BCUT2D eigenvalue weighted by atomic mass is 32.2. The van der Waals surface area contributed by atoms with Crippen molar-refractivity contribution in [2.75, 3.05) is 18.1 Å². The Morgan fingerprint density at radius 1 is 1.21 bits per heavy atom. The van der Waals surface area contributed by atoms with Crippen LogP contribution in [0.1, 0.15) is 44.1 Å². The van der Waals surface area contributed by atoms with Crippen LogP contribution in [-0.4, -0.2) is 36.1 Å². The Morgan fingerprint density at radius 3 is 2.71 bits per heavy atom. The number of hydrogen-bond donors (Lipinski definition) is 2. The molecule has 1 aliphatic carbocycles. The average molecular weight is 349 g/mol. The van der Waals surface area contributed by atoms with Gasteiger partial charge in [-0.2, -0.15) is 11.8 Å². The summed E-state index contributed by atoms with van der Waals surface area (Å²) in [5, 5.41) is 6.41. The van der Waals surface area contributed by atoms with Crippen molar-refractivity contribution in [1.82, 2.24) is 10.6 Å². The fraction of sp³-hybridized carbons (Fsp3) is 0.632. The lowest BCUT2D eigenvalue weighted by Gasteiger charge is -2.23. The molecular formula is C19H28N2O2S. The molecule has 4 nitrogen and oxygen atoms in total. The SMILES string of the molecule is O=C(CC1CSCCN1)NCc1ccc(OC2CCCCC2)cc1. The summed E-state index contributed by atoms with van der Waals surface area (Å²) in [5.41, 5.74) is 1.12. The number of carbonyl (C=O) groups is 1. The molecule has 1 aromatic carbocycles. The summed E-state index contributed by atoms with van der Waals surface area (Å²) in [4.78, 5) is 12.0. The minimum atomic E-state index is 0.123. The molecule has 0 radical (unpaired) electrons. The molecule has 1 saturated carbocycles. The first-order valence-corrected chi connectivity index (χ1v) is 10.3. The molecule has 1 atom stereocenters. The number of thioether (sulfide) groups is 1. The second-order valence-corrected chi connectivity index (χ2v) is 7.88. The van der Waals surface area contributed by atoms with Gasteiger partial charge in [-0.25, -0.2) is 0 Å². The van der Waals surface area contributed by atoms with Crippen LogP contribution in [0.15, 0.2) is 24.3 Å². The normalized spacial score (nSPS) is 22.1. The first-order valence-electron chi connectivity index (χ1n) is 9.13. The van der Waals surface area contributed by atoms with Gasteiger partial charge in [0, 0.05) is 37.1 Å². The highest BCUT2D eigenvalue weighted by molar-refractivity contribution is 7.99. The number of hydrogen-bond acceptors (Lipinski definition) is 4. The van der Waals surface area contributed by atoms with Gasteiger partial charge in [-0.05, 0) is 43.4 Å². The number of ether oxygens (including phenoxy) is 1. The van der Waals surface area contributed by atoms with E-state index in [0.717, 1.165) is 29.4 Å². The maximum absolute atomic E-state index is 12.0. The third kappa shape index (κ3) is 5.71. The zero-order chi connectivity index (χ0) is 16.6. The van der Waals surface area contributed by atoms with E-state index in [9.17, 15) is 4.79 Å². The van der Waals surface area contributed by atoms with E-state index in [0.29, 0.717) is 25.1 Å². The number of nitrogens with one attached hydrogen (secondary N) is 2. The van der Waals surface area contributed by atoms with Crippen molar-refractivity contribution < 1.29 is 9.53 Å². The van der Waals surface area contributed by atoms with Crippen molar-refractivity contribution in [3.8, 4) is 5.75 Å². The molecule has 3 rings (SSSR count). The van der Waals surface area contributed by atoms with Crippen LogP contribution in [0, 0.1) is 0 Å². The summed E-state index contributed by atoms with van der Waals surface area (Å²) in [6.45, 7) is 1.59. The average Bonchev–Trinajstić information content (AvgIpc) is 2.63. The fourth-order valence-corrected chi connectivity index (χ4v) is 4.26. The van der Waals surface area contributed by atoms with Crippen LogP contribution in [0.5, 0.6) is 5.75 Å². The van der Waals surface area contributed by atoms with E-state index in [1.54, 1.807) is 0 Å². The first kappa shape index (κ1) is 17.6. The molecule has 1 aromatic rings. The van der Waals surface area contributed by atoms with Crippen LogP contribution >= 0.6 is 11.8 Å². The Labute approximate surface area is 149 Å². The summed E-state index contributed by atoms with van der Waals surface area (Å²) >= 11 is 1.92. The van der Waals surface area contributed by atoms with Crippen LogP contribution in [0.4, 0.5) is 0 Å². The largest absolute Gasteiger partial charge is 0.490 e. The zero-order valence-electron chi connectivity index (χ0n) is 14.3. The van der Waals surface area contributed by atoms with Crippen molar-refractivity contribution in [3.63, 3.8) is 0 Å². The monoisotopic (exact) mass is 348 g/mol. The van der Waals surface area contributed by atoms with E-state index < -0.39 is 0 Å². The van der Waals surface area contributed by atoms with Gasteiger partial charge in [-0.15, -0.1) is 0 Å². The van der Waals surface area contributed by atoms with Gasteiger partial charge in [0.15, 0.2) is 0 Å². The molecule has 1 unspecified atom stereocenters. The molecule has 2 aliphatic rings. The zero-order valence-corrected chi connectivity index (χ0v) is 15.1. The summed E-state index contributed by atoms with van der Waals surface area (Å²) in [6, 6.07) is 8.46. The van der Waals surface area contributed by atoms with E-state index in [2.05, 4.69) is 10.6 Å². The molecule has 1 amide bonds. The topological polar surface area (TPSA) is 50.4 Å². The Morgan fingerprint density at radius 2 is 2.00 bits per heavy atom. The van der Waals surface area contributed by atoms with Crippen molar-refractivity contribution in [3.05, 3.63) is 29.8 Å². The van der Waals surface area contributed by atoms with E-state index in [4.69, 9.17) is 4.74 Å². The maximum atomic E-state index is 12.0. The van der Waals surface area contributed by atoms with E-state index in [-0.39, 0.29) is 5.91 Å². The van der Waals surface area contributed by atoms with E-state index >= 15 is 0 Å². The Bertz CT molecular complexity index is 509. The second kappa shape index (κ2) is 9.33. The van der Waals surface area contributed by atoms with Gasteiger partial charge >= 0.3 is 0 Å². The van der Waals surface area contributed by atoms with Crippen molar-refractivity contribution in [2.24, 2.45) is 0 Å². The Hall–Kier alpha value is -1.20. The number of benzene rings is 1. The molecule has 1 aliphatic heterocycles. The molecule has 24 heavy (non-hydrogen) atoms. The molecule has 0 bridgehead atoms. The molecule has 1 heterocycles. The molecule has 132 valence electrons. The fourth-order valence-electron chi connectivity index (χ4n) is 3.31. The van der Waals surface area contributed by atoms with Gasteiger partial charge in [-0.3, -0.25) is 4.79 Å². The van der Waals surface area contributed by atoms with Gasteiger partial charge in [-0.1, -0.05) is 18.6 Å². The molecular weight excluding hydrogens is 320 g/mol. The van der Waals surface area contributed by atoms with Crippen LogP contribution in [0.2, 0.25) is 0 Å². The van der Waals surface area contributed by atoms with Gasteiger partial charge in [0.05, 0.1) is 6.10 Å². The molecule has 2 N–H and O–H groups in total. The third-order valence-electron chi connectivity index (χ3n) is 4.70. The summed E-state index contributed by atoms with van der Waals surface area (Å²) in [7, 11) is 0. The Kier molecular flexibility index (Phi) is 6.85. The van der Waals surface area contributed by atoms with Crippen LogP contribution < -0.4 is 15.4 Å². The van der Waals surface area contributed by atoms with Crippen LogP contribution in [-0.2, 0) is 11.3 Å². The Balaban J connectivity index is 1.39. The molecule has 1 saturated heterocycles. The molecule has 0 aromatic heterocycles. The van der Waals surface area contributed by atoms with Gasteiger partial charge in [0.1, 0.15) is 5.75 Å². The first-order chi connectivity index (χ1) is 11.8. The number of amides is 1. The molecule has 0 spiro atoms. The lowest BCUT2D eigenvalue weighted by Crippen LogP contribution is -2.41. The minimum Gasteiger partial charge on any atom is -0.490 e. The molecule has 5 heteroatoms. The quantitative estimate of drug-likeness (QED) is 0.829. The second-order valence-electron chi connectivity index (χ2n) is 6.73.